The fourth-order valence-electron chi connectivity index (χ4n) is 2.26. The molecule has 0 spiro atoms. The number of halogens is 3. The van der Waals surface area contributed by atoms with Crippen molar-refractivity contribution in [1.29, 1.82) is 0 Å². The van der Waals surface area contributed by atoms with Gasteiger partial charge in [-0.1, -0.05) is 25.3 Å². The first-order chi connectivity index (χ1) is 8.18. The van der Waals surface area contributed by atoms with Crippen molar-refractivity contribution in [3.05, 3.63) is 35.1 Å². The molecule has 0 atom stereocenters. The SMILES string of the molecule is Fc1ccc(CNC2CCCCC2)c(F)c1F. The van der Waals surface area contributed by atoms with Crippen LogP contribution in [-0.2, 0) is 6.54 Å². The van der Waals surface area contributed by atoms with Gasteiger partial charge in [-0.25, -0.2) is 13.2 Å². The second-order valence-corrected chi connectivity index (χ2v) is 4.55. The number of benzene rings is 1. The minimum absolute atomic E-state index is 0.189. The number of rotatable bonds is 3. The average molecular weight is 243 g/mol. The fourth-order valence-corrected chi connectivity index (χ4v) is 2.26. The normalized spacial score (nSPS) is 17.4. The molecular formula is C13H16F3N. The van der Waals surface area contributed by atoms with Gasteiger partial charge >= 0.3 is 0 Å². The summed E-state index contributed by atoms with van der Waals surface area (Å²) in [6, 6.07) is 2.64. The topological polar surface area (TPSA) is 12.0 Å². The van der Waals surface area contributed by atoms with Crippen molar-refractivity contribution in [2.45, 2.75) is 44.7 Å². The molecule has 1 aromatic carbocycles. The van der Waals surface area contributed by atoms with Crippen LogP contribution in [0.1, 0.15) is 37.7 Å². The maximum atomic E-state index is 13.4. The van der Waals surface area contributed by atoms with E-state index < -0.39 is 17.5 Å². The monoisotopic (exact) mass is 243 g/mol. The zero-order chi connectivity index (χ0) is 12.3. The third kappa shape index (κ3) is 3.00. The van der Waals surface area contributed by atoms with E-state index in [2.05, 4.69) is 5.32 Å². The molecule has 4 heteroatoms. The molecule has 0 bridgehead atoms. The summed E-state index contributed by atoms with van der Waals surface area (Å²) < 4.78 is 39.1. The lowest BCUT2D eigenvalue weighted by Gasteiger charge is -2.23. The molecule has 0 amide bonds. The Hall–Kier alpha value is -1.03. The van der Waals surface area contributed by atoms with Gasteiger partial charge in [-0.2, -0.15) is 0 Å². The number of nitrogens with one attached hydrogen (secondary N) is 1. The van der Waals surface area contributed by atoms with Crippen LogP contribution in [0.3, 0.4) is 0 Å². The summed E-state index contributed by atoms with van der Waals surface area (Å²) >= 11 is 0. The van der Waals surface area contributed by atoms with Crippen LogP contribution in [0.15, 0.2) is 12.1 Å². The van der Waals surface area contributed by atoms with Gasteiger partial charge in [0.2, 0.25) is 0 Å². The van der Waals surface area contributed by atoms with E-state index in [4.69, 9.17) is 0 Å². The van der Waals surface area contributed by atoms with E-state index in [0.717, 1.165) is 18.9 Å². The van der Waals surface area contributed by atoms with Gasteiger partial charge in [-0.15, -0.1) is 0 Å². The standard InChI is InChI=1S/C13H16F3N/c14-11-7-6-9(12(15)13(11)16)8-17-10-4-2-1-3-5-10/h6-7,10,17H,1-5,8H2. The molecule has 1 aliphatic carbocycles. The Bertz CT molecular complexity index is 386. The van der Waals surface area contributed by atoms with Gasteiger partial charge in [0.1, 0.15) is 0 Å². The van der Waals surface area contributed by atoms with Crippen molar-refractivity contribution in [2.24, 2.45) is 0 Å². The molecule has 0 aliphatic heterocycles. The first kappa shape index (κ1) is 12.4. The first-order valence-corrected chi connectivity index (χ1v) is 6.04. The second kappa shape index (κ2) is 5.54. The zero-order valence-electron chi connectivity index (χ0n) is 9.61. The molecule has 0 saturated heterocycles. The van der Waals surface area contributed by atoms with E-state index in [0.29, 0.717) is 6.04 Å². The fraction of sp³-hybridized carbons (Fsp3) is 0.538. The van der Waals surface area contributed by atoms with Crippen molar-refractivity contribution in [2.75, 3.05) is 0 Å². The first-order valence-electron chi connectivity index (χ1n) is 6.04. The third-order valence-electron chi connectivity index (χ3n) is 3.30. The lowest BCUT2D eigenvalue weighted by molar-refractivity contribution is 0.367. The van der Waals surface area contributed by atoms with Crippen LogP contribution >= 0.6 is 0 Å². The van der Waals surface area contributed by atoms with Crippen LogP contribution in [0.4, 0.5) is 13.2 Å². The molecule has 0 heterocycles. The van der Waals surface area contributed by atoms with E-state index >= 15 is 0 Å². The Labute approximate surface area is 99.0 Å². The Balaban J connectivity index is 1.96. The number of hydrogen-bond donors (Lipinski definition) is 1. The van der Waals surface area contributed by atoms with Crippen molar-refractivity contribution in [3.8, 4) is 0 Å². The summed E-state index contributed by atoms with van der Waals surface area (Å²) in [6.07, 6.45) is 5.75. The van der Waals surface area contributed by atoms with Crippen LogP contribution in [0, 0.1) is 17.5 Å². The maximum Gasteiger partial charge on any atom is 0.194 e. The Morgan fingerprint density at radius 2 is 1.71 bits per heavy atom. The van der Waals surface area contributed by atoms with Crippen LogP contribution in [-0.4, -0.2) is 6.04 Å². The molecule has 1 saturated carbocycles. The van der Waals surface area contributed by atoms with Crippen molar-refractivity contribution >= 4 is 0 Å². The lowest BCUT2D eigenvalue weighted by Crippen LogP contribution is -2.30. The lowest BCUT2D eigenvalue weighted by atomic mass is 9.95. The van der Waals surface area contributed by atoms with Gasteiger partial charge in [0, 0.05) is 18.2 Å². The van der Waals surface area contributed by atoms with Crippen LogP contribution < -0.4 is 5.32 Å². The van der Waals surface area contributed by atoms with Gasteiger partial charge < -0.3 is 5.32 Å². The minimum Gasteiger partial charge on any atom is -0.310 e. The summed E-state index contributed by atoms with van der Waals surface area (Å²) in [7, 11) is 0. The predicted octanol–water partition coefficient (Wildman–Crippen LogP) is 3.53. The Morgan fingerprint density at radius 3 is 2.41 bits per heavy atom. The van der Waals surface area contributed by atoms with Gasteiger partial charge in [0.15, 0.2) is 17.5 Å². The molecule has 0 aromatic heterocycles. The van der Waals surface area contributed by atoms with E-state index in [9.17, 15) is 13.2 Å². The van der Waals surface area contributed by atoms with Gasteiger partial charge in [0.25, 0.3) is 0 Å². The van der Waals surface area contributed by atoms with Crippen LogP contribution in [0.25, 0.3) is 0 Å². The van der Waals surface area contributed by atoms with Crippen LogP contribution in [0.5, 0.6) is 0 Å². The molecule has 1 aliphatic rings. The molecular weight excluding hydrogens is 227 g/mol. The summed E-state index contributed by atoms with van der Waals surface area (Å²) in [5, 5.41) is 3.20. The highest BCUT2D eigenvalue weighted by molar-refractivity contribution is 5.20. The summed E-state index contributed by atoms with van der Waals surface area (Å²) in [4.78, 5) is 0. The molecule has 0 radical (unpaired) electrons. The van der Waals surface area contributed by atoms with Gasteiger partial charge in [-0.05, 0) is 18.9 Å². The van der Waals surface area contributed by atoms with E-state index in [1.807, 2.05) is 0 Å². The van der Waals surface area contributed by atoms with Crippen molar-refractivity contribution < 1.29 is 13.2 Å². The highest BCUT2D eigenvalue weighted by atomic mass is 19.2. The molecule has 2 rings (SSSR count). The van der Waals surface area contributed by atoms with Gasteiger partial charge in [-0.3, -0.25) is 0 Å². The molecule has 1 nitrogen and oxygen atoms in total. The van der Waals surface area contributed by atoms with Crippen molar-refractivity contribution in [3.63, 3.8) is 0 Å². The Kier molecular flexibility index (Phi) is 4.05. The number of hydrogen-bond acceptors (Lipinski definition) is 1. The molecule has 1 aromatic rings. The maximum absolute atomic E-state index is 13.4. The second-order valence-electron chi connectivity index (χ2n) is 4.55. The predicted molar refractivity (Wildman–Crippen MR) is 60.0 cm³/mol. The molecule has 17 heavy (non-hydrogen) atoms. The van der Waals surface area contributed by atoms with E-state index in [1.165, 1.54) is 25.3 Å². The third-order valence-corrected chi connectivity index (χ3v) is 3.30. The zero-order valence-corrected chi connectivity index (χ0v) is 9.61. The molecule has 94 valence electrons. The smallest absolute Gasteiger partial charge is 0.194 e. The van der Waals surface area contributed by atoms with Crippen molar-refractivity contribution in [1.82, 2.24) is 5.32 Å². The molecule has 0 unspecified atom stereocenters. The van der Waals surface area contributed by atoms with E-state index in [-0.39, 0.29) is 12.1 Å². The highest BCUT2D eigenvalue weighted by Gasteiger charge is 2.16. The average Bonchev–Trinajstić information content (AvgIpc) is 2.36. The van der Waals surface area contributed by atoms with Gasteiger partial charge in [0.05, 0.1) is 0 Å². The quantitative estimate of drug-likeness (QED) is 0.801. The summed E-state index contributed by atoms with van der Waals surface area (Å²) in [5.74, 6) is -3.59. The molecule has 1 fully saturated rings. The van der Waals surface area contributed by atoms with Crippen LogP contribution in [0.2, 0.25) is 0 Å². The summed E-state index contributed by atoms with van der Waals surface area (Å²) in [5.41, 5.74) is 0.189. The molecule has 1 N–H and O–H groups in total. The largest absolute Gasteiger partial charge is 0.310 e. The van der Waals surface area contributed by atoms with E-state index in [1.54, 1.807) is 0 Å². The summed E-state index contributed by atoms with van der Waals surface area (Å²) in [6.45, 7) is 0.258. The Morgan fingerprint density at radius 1 is 1.00 bits per heavy atom. The highest BCUT2D eigenvalue weighted by Crippen LogP contribution is 2.19. The minimum atomic E-state index is -1.38.